The highest BCUT2D eigenvalue weighted by atomic mass is 35.5. The molecule has 0 unspecified atom stereocenters. The van der Waals surface area contributed by atoms with Gasteiger partial charge in [0.1, 0.15) is 9.88 Å². The van der Waals surface area contributed by atoms with E-state index in [0.717, 1.165) is 16.4 Å². The van der Waals surface area contributed by atoms with Gasteiger partial charge in [-0.15, -0.1) is 11.3 Å². The summed E-state index contributed by atoms with van der Waals surface area (Å²) in [7, 11) is 0. The number of hydrogen-bond acceptors (Lipinski definition) is 4. The van der Waals surface area contributed by atoms with Gasteiger partial charge in [-0.05, 0) is 49.4 Å². The second-order valence-electron chi connectivity index (χ2n) is 5.85. The van der Waals surface area contributed by atoms with E-state index < -0.39 is 0 Å². The van der Waals surface area contributed by atoms with Gasteiger partial charge in [0.05, 0.1) is 22.8 Å². The molecular formula is C20H15ClN4OS. The molecule has 3 heterocycles. The highest BCUT2D eigenvalue weighted by molar-refractivity contribution is 7.17. The van der Waals surface area contributed by atoms with Crippen LogP contribution in [0.5, 0.6) is 0 Å². The highest BCUT2D eigenvalue weighted by Crippen LogP contribution is 2.29. The first-order chi connectivity index (χ1) is 13.1. The van der Waals surface area contributed by atoms with Crippen LogP contribution in [-0.2, 0) is 0 Å². The Morgan fingerprint density at radius 3 is 2.70 bits per heavy atom. The van der Waals surface area contributed by atoms with Gasteiger partial charge in [0.2, 0.25) is 0 Å². The number of carbonyl (C=O) groups excluding carboxylic acids is 1. The van der Waals surface area contributed by atoms with Crippen molar-refractivity contribution < 1.29 is 4.79 Å². The number of benzene rings is 1. The number of aromatic nitrogens is 3. The van der Waals surface area contributed by atoms with E-state index in [1.54, 1.807) is 18.3 Å². The molecule has 27 heavy (non-hydrogen) atoms. The Labute approximate surface area is 165 Å². The maximum absolute atomic E-state index is 12.9. The number of hydrogen-bond donors (Lipinski definition) is 1. The molecule has 0 aliphatic carbocycles. The molecular weight excluding hydrogens is 380 g/mol. The molecule has 0 atom stereocenters. The topological polar surface area (TPSA) is 59.8 Å². The lowest BCUT2D eigenvalue weighted by Gasteiger charge is -2.12. The van der Waals surface area contributed by atoms with E-state index in [0.29, 0.717) is 21.3 Å². The summed E-state index contributed by atoms with van der Waals surface area (Å²) in [5, 5.41) is 4.30. The second kappa shape index (κ2) is 7.34. The molecule has 0 aliphatic heterocycles. The number of halogens is 1. The third-order valence-corrected chi connectivity index (χ3v) is 5.39. The van der Waals surface area contributed by atoms with E-state index in [-0.39, 0.29) is 5.91 Å². The van der Waals surface area contributed by atoms with Gasteiger partial charge in [-0.3, -0.25) is 9.78 Å². The van der Waals surface area contributed by atoms with Gasteiger partial charge in [0.25, 0.3) is 5.91 Å². The molecule has 3 aromatic heterocycles. The number of rotatable bonds is 4. The Balaban J connectivity index is 1.65. The van der Waals surface area contributed by atoms with E-state index >= 15 is 0 Å². The molecule has 0 saturated heterocycles. The monoisotopic (exact) mass is 394 g/mol. The number of pyridine rings is 1. The van der Waals surface area contributed by atoms with Gasteiger partial charge in [-0.1, -0.05) is 17.7 Å². The normalized spacial score (nSPS) is 10.7. The second-order valence-corrected chi connectivity index (χ2v) is 7.29. The van der Waals surface area contributed by atoms with Crippen LogP contribution in [-0.4, -0.2) is 20.4 Å². The molecule has 0 spiro atoms. The van der Waals surface area contributed by atoms with Crippen molar-refractivity contribution in [3.63, 3.8) is 0 Å². The van der Waals surface area contributed by atoms with Crippen LogP contribution in [0.25, 0.3) is 16.4 Å². The van der Waals surface area contributed by atoms with Crippen molar-refractivity contribution in [3.8, 4) is 16.4 Å². The first-order valence-corrected chi connectivity index (χ1v) is 9.44. The van der Waals surface area contributed by atoms with Crippen molar-refractivity contribution in [3.05, 3.63) is 82.7 Å². The predicted molar refractivity (Wildman–Crippen MR) is 109 cm³/mol. The summed E-state index contributed by atoms with van der Waals surface area (Å²) in [5.74, 6) is -0.206. The molecule has 134 valence electrons. The zero-order chi connectivity index (χ0) is 18.8. The maximum atomic E-state index is 12.9. The smallest absolute Gasteiger partial charge is 0.267 e. The van der Waals surface area contributed by atoms with Gasteiger partial charge in [-0.25, -0.2) is 4.98 Å². The van der Waals surface area contributed by atoms with E-state index in [4.69, 9.17) is 11.6 Å². The van der Waals surface area contributed by atoms with E-state index in [9.17, 15) is 4.79 Å². The summed E-state index contributed by atoms with van der Waals surface area (Å²) < 4.78 is 1.90. The molecule has 1 N–H and O–H groups in total. The van der Waals surface area contributed by atoms with Crippen LogP contribution in [0, 0.1) is 6.92 Å². The van der Waals surface area contributed by atoms with Crippen LogP contribution in [0.1, 0.15) is 15.4 Å². The van der Waals surface area contributed by atoms with Crippen molar-refractivity contribution in [2.75, 3.05) is 5.32 Å². The van der Waals surface area contributed by atoms with E-state index in [1.165, 1.54) is 11.3 Å². The Hall–Kier alpha value is -2.96. The molecule has 0 bridgehead atoms. The van der Waals surface area contributed by atoms with Crippen LogP contribution < -0.4 is 5.32 Å². The zero-order valence-corrected chi connectivity index (χ0v) is 16.0. The standard InChI is InChI=1S/C20H15ClN4OS/c1-13-18(27-20(23-13)16-6-2-3-9-22-16)19(26)24-15-8-7-14(21)12-17(15)25-10-4-5-11-25/h2-12H,1H3,(H,24,26). The number of nitrogens with one attached hydrogen (secondary N) is 1. The lowest BCUT2D eigenvalue weighted by Crippen LogP contribution is -2.13. The van der Waals surface area contributed by atoms with Crippen LogP contribution in [0.4, 0.5) is 5.69 Å². The van der Waals surface area contributed by atoms with Crippen molar-refractivity contribution in [1.29, 1.82) is 0 Å². The number of aryl methyl sites for hydroxylation is 1. The minimum Gasteiger partial charge on any atom is -0.322 e. The van der Waals surface area contributed by atoms with Crippen molar-refractivity contribution >= 4 is 34.5 Å². The summed E-state index contributed by atoms with van der Waals surface area (Å²) >= 11 is 7.47. The first-order valence-electron chi connectivity index (χ1n) is 8.25. The Morgan fingerprint density at radius 1 is 1.15 bits per heavy atom. The van der Waals surface area contributed by atoms with Crippen LogP contribution in [0.2, 0.25) is 5.02 Å². The molecule has 1 amide bonds. The number of thiazole rings is 1. The third kappa shape index (κ3) is 3.63. The zero-order valence-electron chi connectivity index (χ0n) is 14.4. The highest BCUT2D eigenvalue weighted by Gasteiger charge is 2.18. The van der Waals surface area contributed by atoms with Gasteiger partial charge < -0.3 is 9.88 Å². The maximum Gasteiger partial charge on any atom is 0.267 e. The fourth-order valence-corrected chi connectivity index (χ4v) is 3.81. The number of amides is 1. The Morgan fingerprint density at radius 2 is 1.96 bits per heavy atom. The van der Waals surface area contributed by atoms with E-state index in [2.05, 4.69) is 15.3 Å². The van der Waals surface area contributed by atoms with Crippen molar-refractivity contribution in [1.82, 2.24) is 14.5 Å². The molecule has 4 aromatic rings. The lowest BCUT2D eigenvalue weighted by molar-refractivity contribution is 0.103. The summed E-state index contributed by atoms with van der Waals surface area (Å²) in [6.07, 6.45) is 5.51. The fourth-order valence-electron chi connectivity index (χ4n) is 2.70. The summed E-state index contributed by atoms with van der Waals surface area (Å²) in [4.78, 5) is 22.2. The molecule has 0 radical (unpaired) electrons. The Bertz CT molecular complexity index is 1090. The predicted octanol–water partition coefficient (Wildman–Crippen LogP) is 5.21. The largest absolute Gasteiger partial charge is 0.322 e. The number of carbonyl (C=O) groups is 1. The van der Waals surface area contributed by atoms with Gasteiger partial charge in [0.15, 0.2) is 0 Å². The third-order valence-electron chi connectivity index (χ3n) is 3.98. The SMILES string of the molecule is Cc1nc(-c2ccccn2)sc1C(=O)Nc1ccc(Cl)cc1-n1cccc1. The first kappa shape index (κ1) is 17.5. The van der Waals surface area contributed by atoms with Gasteiger partial charge in [-0.2, -0.15) is 0 Å². The van der Waals surface area contributed by atoms with Crippen molar-refractivity contribution in [2.45, 2.75) is 6.92 Å². The average Bonchev–Trinajstić information content (AvgIpc) is 3.34. The molecule has 0 fully saturated rings. The Kier molecular flexibility index (Phi) is 4.75. The quantitative estimate of drug-likeness (QED) is 0.516. The summed E-state index contributed by atoms with van der Waals surface area (Å²) in [5.41, 5.74) is 2.90. The average molecular weight is 395 g/mol. The fraction of sp³-hybridized carbons (Fsp3) is 0.0500. The molecule has 4 rings (SSSR count). The van der Waals surface area contributed by atoms with Crippen LogP contribution in [0.15, 0.2) is 67.1 Å². The van der Waals surface area contributed by atoms with Crippen LogP contribution >= 0.6 is 22.9 Å². The van der Waals surface area contributed by atoms with Gasteiger partial charge >= 0.3 is 0 Å². The van der Waals surface area contributed by atoms with E-state index in [1.807, 2.05) is 60.3 Å². The molecule has 5 nitrogen and oxygen atoms in total. The van der Waals surface area contributed by atoms with Crippen molar-refractivity contribution in [2.24, 2.45) is 0 Å². The number of nitrogens with zero attached hydrogens (tertiary/aromatic N) is 3. The summed E-state index contributed by atoms with van der Waals surface area (Å²) in [6.45, 7) is 1.83. The summed E-state index contributed by atoms with van der Waals surface area (Å²) in [6, 6.07) is 14.8. The molecule has 7 heteroatoms. The van der Waals surface area contributed by atoms with Crippen LogP contribution in [0.3, 0.4) is 0 Å². The molecule has 0 saturated carbocycles. The lowest BCUT2D eigenvalue weighted by atomic mass is 10.2. The minimum absolute atomic E-state index is 0.206. The molecule has 0 aliphatic rings. The minimum atomic E-state index is -0.206. The van der Waals surface area contributed by atoms with Gasteiger partial charge in [0, 0.05) is 23.6 Å². The number of anilines is 1. The molecule has 1 aromatic carbocycles.